The Hall–Kier alpha value is -2.04. The minimum absolute atomic E-state index is 0.0173. The van der Waals surface area contributed by atoms with Crippen molar-refractivity contribution in [2.45, 2.75) is 71.1 Å². The Labute approximate surface area is 173 Å². The molecule has 4 aliphatic rings. The Bertz CT molecular complexity index is 728. The van der Waals surface area contributed by atoms with Crippen molar-refractivity contribution in [1.82, 2.24) is 10.9 Å². The molecule has 0 heterocycles. The van der Waals surface area contributed by atoms with Crippen LogP contribution in [0, 0.1) is 23.2 Å². The van der Waals surface area contributed by atoms with Crippen LogP contribution < -0.4 is 15.6 Å². The lowest BCUT2D eigenvalue weighted by Crippen LogP contribution is -2.56. The zero-order valence-corrected chi connectivity index (χ0v) is 17.9. The lowest BCUT2D eigenvalue weighted by Gasteiger charge is -2.55. The zero-order valence-electron chi connectivity index (χ0n) is 17.9. The molecule has 1 aromatic rings. The van der Waals surface area contributed by atoms with Crippen LogP contribution in [0.1, 0.15) is 71.3 Å². The predicted octanol–water partition coefficient (Wildman–Crippen LogP) is 4.12. The van der Waals surface area contributed by atoms with Gasteiger partial charge in [-0.3, -0.25) is 20.4 Å². The minimum Gasteiger partial charge on any atom is -0.493 e. The highest BCUT2D eigenvalue weighted by Gasteiger charge is 2.54. The number of amides is 2. The summed E-state index contributed by atoms with van der Waals surface area (Å²) >= 11 is 0. The van der Waals surface area contributed by atoms with Crippen LogP contribution in [0.3, 0.4) is 0 Å². The van der Waals surface area contributed by atoms with Gasteiger partial charge in [0.2, 0.25) is 11.8 Å². The van der Waals surface area contributed by atoms with E-state index in [1.807, 2.05) is 12.1 Å². The Balaban J connectivity index is 1.20. The fourth-order valence-corrected chi connectivity index (χ4v) is 6.02. The largest absolute Gasteiger partial charge is 0.493 e. The van der Waals surface area contributed by atoms with Crippen LogP contribution in [-0.4, -0.2) is 18.4 Å². The molecule has 0 unspecified atom stereocenters. The average Bonchev–Trinajstić information content (AvgIpc) is 2.64. The number of rotatable bonds is 5. The third-order valence-electron chi connectivity index (χ3n) is 7.15. The van der Waals surface area contributed by atoms with E-state index in [0.29, 0.717) is 17.8 Å². The molecule has 29 heavy (non-hydrogen) atoms. The highest BCUT2D eigenvalue weighted by Crippen LogP contribution is 2.60. The molecule has 0 atom stereocenters. The second kappa shape index (κ2) is 7.66. The van der Waals surface area contributed by atoms with Gasteiger partial charge in [0, 0.05) is 0 Å². The lowest BCUT2D eigenvalue weighted by molar-refractivity contribution is -0.149. The van der Waals surface area contributed by atoms with Gasteiger partial charge in [-0.2, -0.15) is 0 Å². The summed E-state index contributed by atoms with van der Waals surface area (Å²) in [6, 6.07) is 7.99. The van der Waals surface area contributed by atoms with Crippen molar-refractivity contribution in [3.8, 4) is 5.75 Å². The molecule has 4 bridgehead atoms. The van der Waals surface area contributed by atoms with Crippen LogP contribution >= 0.6 is 0 Å². The quantitative estimate of drug-likeness (QED) is 0.733. The van der Waals surface area contributed by atoms with Crippen LogP contribution in [0.4, 0.5) is 0 Å². The van der Waals surface area contributed by atoms with Gasteiger partial charge < -0.3 is 4.74 Å². The van der Waals surface area contributed by atoms with Gasteiger partial charge in [0.25, 0.3) is 0 Å². The molecule has 0 saturated heterocycles. The van der Waals surface area contributed by atoms with Crippen LogP contribution in [0.25, 0.3) is 0 Å². The topological polar surface area (TPSA) is 67.4 Å². The summed E-state index contributed by atoms with van der Waals surface area (Å²) in [5.74, 6) is 2.68. The van der Waals surface area contributed by atoms with Crippen LogP contribution in [0.2, 0.25) is 0 Å². The van der Waals surface area contributed by atoms with E-state index >= 15 is 0 Å². The molecule has 0 radical (unpaired) electrons. The molecule has 5 heteroatoms. The summed E-state index contributed by atoms with van der Waals surface area (Å²) in [5.41, 5.74) is 6.43. The fourth-order valence-electron chi connectivity index (χ4n) is 6.02. The third-order valence-corrected chi connectivity index (χ3v) is 7.15. The highest BCUT2D eigenvalue weighted by atomic mass is 16.5. The predicted molar refractivity (Wildman–Crippen MR) is 112 cm³/mol. The molecule has 4 aliphatic carbocycles. The van der Waals surface area contributed by atoms with Crippen molar-refractivity contribution < 1.29 is 14.3 Å². The van der Waals surface area contributed by atoms with Gasteiger partial charge in [-0.25, -0.2) is 0 Å². The second-order valence-electron chi connectivity index (χ2n) is 10.6. The van der Waals surface area contributed by atoms with Crippen molar-refractivity contribution in [3.05, 3.63) is 29.8 Å². The minimum atomic E-state index is -0.243. The first-order chi connectivity index (χ1) is 13.7. The zero-order chi connectivity index (χ0) is 20.6. The summed E-state index contributed by atoms with van der Waals surface area (Å²) in [6.07, 6.45) is 7.09. The van der Waals surface area contributed by atoms with Gasteiger partial charge in [-0.05, 0) is 79.4 Å². The lowest BCUT2D eigenvalue weighted by atomic mass is 9.49. The van der Waals surface area contributed by atoms with E-state index < -0.39 is 0 Å². The summed E-state index contributed by atoms with van der Waals surface area (Å²) in [7, 11) is 0. The number of carbonyl (C=O) groups is 2. The van der Waals surface area contributed by atoms with E-state index in [0.717, 1.165) is 25.0 Å². The first kappa shape index (κ1) is 20.2. The van der Waals surface area contributed by atoms with Gasteiger partial charge in [-0.1, -0.05) is 32.9 Å². The smallest absolute Gasteiger partial charge is 0.244 e. The molecule has 5 nitrogen and oxygen atoms in total. The van der Waals surface area contributed by atoms with E-state index in [9.17, 15) is 9.59 Å². The Morgan fingerprint density at radius 1 is 0.966 bits per heavy atom. The van der Waals surface area contributed by atoms with Gasteiger partial charge in [0.05, 0.1) is 18.4 Å². The van der Waals surface area contributed by atoms with Crippen LogP contribution in [0.15, 0.2) is 24.3 Å². The highest BCUT2D eigenvalue weighted by molar-refractivity contribution is 5.86. The Morgan fingerprint density at radius 2 is 1.52 bits per heavy atom. The van der Waals surface area contributed by atoms with Gasteiger partial charge in [-0.15, -0.1) is 0 Å². The molecule has 0 aromatic heterocycles. The number of nitrogens with one attached hydrogen (secondary N) is 2. The van der Waals surface area contributed by atoms with Crippen LogP contribution in [-0.2, 0) is 15.0 Å². The maximum atomic E-state index is 12.9. The number of hydrogen-bond donors (Lipinski definition) is 2. The Kier molecular flexibility index (Phi) is 5.34. The maximum absolute atomic E-state index is 12.9. The first-order valence-electron chi connectivity index (χ1n) is 11.1. The Morgan fingerprint density at radius 3 is 2.03 bits per heavy atom. The number of ether oxygens (including phenoxy) is 1. The summed E-state index contributed by atoms with van der Waals surface area (Å²) in [6.45, 7) is 6.80. The summed E-state index contributed by atoms with van der Waals surface area (Å²) in [5, 5.41) is 0. The molecule has 158 valence electrons. The monoisotopic (exact) mass is 398 g/mol. The number of benzene rings is 1. The number of hydrazine groups is 1. The van der Waals surface area contributed by atoms with Crippen molar-refractivity contribution in [1.29, 1.82) is 0 Å². The first-order valence-corrected chi connectivity index (χ1v) is 11.1. The molecular formula is C24H34N2O3. The van der Waals surface area contributed by atoms with Crippen molar-refractivity contribution in [3.63, 3.8) is 0 Å². The van der Waals surface area contributed by atoms with Crippen molar-refractivity contribution in [2.75, 3.05) is 6.61 Å². The molecule has 2 N–H and O–H groups in total. The van der Waals surface area contributed by atoms with E-state index in [-0.39, 0.29) is 35.7 Å². The standard InChI is InChI=1S/C24H34N2O3/c1-23(2,3)19-4-6-20(7-5-19)29-9-8-21(27)25-26-22(28)24-13-16-10-17(14-24)12-18(11-16)15-24/h4-7,16-18H,8-15H2,1-3H3,(H,25,27)(H,26,28). The molecule has 4 fully saturated rings. The molecule has 5 rings (SSSR count). The molecule has 4 saturated carbocycles. The number of carbonyl (C=O) groups excluding carboxylic acids is 2. The molecular weight excluding hydrogens is 364 g/mol. The van der Waals surface area contributed by atoms with Gasteiger partial charge >= 0.3 is 0 Å². The van der Waals surface area contributed by atoms with E-state index in [1.54, 1.807) is 0 Å². The molecule has 1 aromatic carbocycles. The van der Waals surface area contributed by atoms with E-state index in [2.05, 4.69) is 43.8 Å². The molecule has 0 aliphatic heterocycles. The van der Waals surface area contributed by atoms with Crippen molar-refractivity contribution in [2.24, 2.45) is 23.2 Å². The summed E-state index contributed by atoms with van der Waals surface area (Å²) < 4.78 is 5.68. The number of hydrogen-bond acceptors (Lipinski definition) is 3. The van der Waals surface area contributed by atoms with Crippen molar-refractivity contribution >= 4 is 11.8 Å². The van der Waals surface area contributed by atoms with Gasteiger partial charge in [0.1, 0.15) is 5.75 Å². The summed E-state index contributed by atoms with van der Waals surface area (Å²) in [4.78, 5) is 25.0. The van der Waals surface area contributed by atoms with E-state index in [4.69, 9.17) is 4.74 Å². The molecule has 0 spiro atoms. The maximum Gasteiger partial charge on any atom is 0.244 e. The van der Waals surface area contributed by atoms with E-state index in [1.165, 1.54) is 24.8 Å². The normalized spacial score (nSPS) is 30.1. The SMILES string of the molecule is CC(C)(C)c1ccc(OCCC(=O)NNC(=O)C23CC4CC(CC(C4)C2)C3)cc1. The molecule has 2 amide bonds. The average molecular weight is 399 g/mol. The second-order valence-corrected chi connectivity index (χ2v) is 10.6. The van der Waals surface area contributed by atoms with Crippen LogP contribution in [0.5, 0.6) is 5.75 Å². The fraction of sp³-hybridized carbons (Fsp3) is 0.667. The third kappa shape index (κ3) is 4.44. The van der Waals surface area contributed by atoms with Gasteiger partial charge in [0.15, 0.2) is 0 Å².